The zero-order valence-electron chi connectivity index (χ0n) is 11.6. The lowest BCUT2D eigenvalue weighted by Gasteiger charge is -2.19. The number of carbonyl (C=O) groups excluding carboxylic acids is 1. The fraction of sp³-hybridized carbons (Fsp3) is 0.235. The Balaban J connectivity index is 2.24. The molecule has 0 radical (unpaired) electrons. The largest absolute Gasteiger partial charge is 0.348 e. The van der Waals surface area contributed by atoms with Gasteiger partial charge in [0.2, 0.25) is 5.91 Å². The van der Waals surface area contributed by atoms with E-state index in [0.29, 0.717) is 0 Å². The van der Waals surface area contributed by atoms with Gasteiger partial charge >= 0.3 is 0 Å². The second kappa shape index (κ2) is 5.27. The van der Waals surface area contributed by atoms with Gasteiger partial charge in [0.1, 0.15) is 0 Å². The van der Waals surface area contributed by atoms with Crippen molar-refractivity contribution in [1.82, 2.24) is 5.32 Å². The number of hydrogen-bond acceptors (Lipinski definition) is 1. The Bertz CT molecular complexity index is 615. The summed E-state index contributed by atoms with van der Waals surface area (Å²) >= 11 is 0. The molecule has 1 amide bonds. The maximum Gasteiger partial charge on any atom is 0.244 e. The Morgan fingerprint density at radius 1 is 1.05 bits per heavy atom. The van der Waals surface area contributed by atoms with Gasteiger partial charge in [0, 0.05) is 11.6 Å². The molecule has 1 N–H and O–H groups in total. The number of nitrogens with one attached hydrogen (secondary N) is 1. The van der Waals surface area contributed by atoms with Gasteiger partial charge in [-0.25, -0.2) is 0 Å². The number of carbonyl (C=O) groups is 1. The number of rotatable bonds is 2. The standard InChI is InChI=1S/C17H19NO/c1-17(2,3)18-16(19)12-11-14-9-6-8-13-7-4-5-10-15(13)14/h4-12H,1-3H3,(H,18,19)/b12-11-. The molecule has 2 rings (SSSR count). The molecule has 0 aliphatic heterocycles. The first-order valence-electron chi connectivity index (χ1n) is 6.44. The predicted molar refractivity (Wildman–Crippen MR) is 80.9 cm³/mol. The monoisotopic (exact) mass is 253 g/mol. The maximum absolute atomic E-state index is 11.8. The smallest absolute Gasteiger partial charge is 0.244 e. The summed E-state index contributed by atoms with van der Waals surface area (Å²) in [7, 11) is 0. The van der Waals surface area contributed by atoms with Crippen molar-refractivity contribution in [2.75, 3.05) is 0 Å². The van der Waals surface area contributed by atoms with E-state index in [9.17, 15) is 4.79 Å². The van der Waals surface area contributed by atoms with E-state index in [4.69, 9.17) is 0 Å². The van der Waals surface area contributed by atoms with Crippen molar-refractivity contribution >= 4 is 22.8 Å². The van der Waals surface area contributed by atoms with E-state index in [-0.39, 0.29) is 11.4 Å². The van der Waals surface area contributed by atoms with Crippen molar-refractivity contribution in [3.8, 4) is 0 Å². The Labute approximate surface area is 114 Å². The number of benzene rings is 2. The summed E-state index contributed by atoms with van der Waals surface area (Å²) in [5.41, 5.74) is 0.849. The van der Waals surface area contributed by atoms with Gasteiger partial charge in [0.05, 0.1) is 0 Å². The van der Waals surface area contributed by atoms with Crippen molar-refractivity contribution in [3.05, 3.63) is 54.1 Å². The highest BCUT2D eigenvalue weighted by molar-refractivity contribution is 5.96. The Kier molecular flexibility index (Phi) is 3.70. The summed E-state index contributed by atoms with van der Waals surface area (Å²) < 4.78 is 0. The second-order valence-electron chi connectivity index (χ2n) is 5.64. The molecule has 0 unspecified atom stereocenters. The van der Waals surface area contributed by atoms with Gasteiger partial charge in [-0.3, -0.25) is 4.79 Å². The van der Waals surface area contributed by atoms with Crippen LogP contribution in [0.25, 0.3) is 16.8 Å². The van der Waals surface area contributed by atoms with E-state index in [2.05, 4.69) is 23.5 Å². The molecule has 0 aliphatic rings. The van der Waals surface area contributed by atoms with E-state index >= 15 is 0 Å². The summed E-state index contributed by atoms with van der Waals surface area (Å²) in [5.74, 6) is -0.0690. The number of amides is 1. The average Bonchev–Trinajstić information content (AvgIpc) is 2.34. The third-order valence-corrected chi connectivity index (χ3v) is 2.74. The second-order valence-corrected chi connectivity index (χ2v) is 5.64. The average molecular weight is 253 g/mol. The lowest BCUT2D eigenvalue weighted by Crippen LogP contribution is -2.39. The third kappa shape index (κ3) is 3.68. The summed E-state index contributed by atoms with van der Waals surface area (Å²) in [6.07, 6.45) is 3.45. The normalized spacial score (nSPS) is 11.9. The SMILES string of the molecule is CC(C)(C)NC(=O)/C=C\c1cccc2ccccc12. The molecular weight excluding hydrogens is 234 g/mol. The van der Waals surface area contributed by atoms with Crippen LogP contribution in [0.5, 0.6) is 0 Å². The molecule has 19 heavy (non-hydrogen) atoms. The highest BCUT2D eigenvalue weighted by Gasteiger charge is 2.11. The van der Waals surface area contributed by atoms with Crippen molar-refractivity contribution in [2.45, 2.75) is 26.3 Å². The van der Waals surface area contributed by atoms with E-state index in [1.165, 1.54) is 5.39 Å². The third-order valence-electron chi connectivity index (χ3n) is 2.74. The summed E-state index contributed by atoms with van der Waals surface area (Å²) in [5, 5.41) is 5.25. The van der Waals surface area contributed by atoms with Crippen LogP contribution < -0.4 is 5.32 Å². The minimum Gasteiger partial charge on any atom is -0.348 e. The molecule has 0 fully saturated rings. The van der Waals surface area contributed by atoms with Gasteiger partial charge in [-0.15, -0.1) is 0 Å². The quantitative estimate of drug-likeness (QED) is 0.811. The molecule has 0 bridgehead atoms. The van der Waals surface area contributed by atoms with Crippen LogP contribution >= 0.6 is 0 Å². The molecule has 2 heteroatoms. The Hall–Kier alpha value is -2.09. The van der Waals surface area contributed by atoms with Crippen molar-refractivity contribution in [2.24, 2.45) is 0 Å². The van der Waals surface area contributed by atoms with Crippen LogP contribution in [0, 0.1) is 0 Å². The van der Waals surface area contributed by atoms with Gasteiger partial charge in [-0.2, -0.15) is 0 Å². The lowest BCUT2D eigenvalue weighted by atomic mass is 10.0. The molecule has 0 aliphatic carbocycles. The number of fused-ring (bicyclic) bond motifs is 1. The first-order valence-corrected chi connectivity index (χ1v) is 6.44. The van der Waals surface area contributed by atoms with Crippen LogP contribution in [0.2, 0.25) is 0 Å². The first-order chi connectivity index (χ1) is 8.96. The van der Waals surface area contributed by atoms with Crippen LogP contribution in [0.4, 0.5) is 0 Å². The fourth-order valence-corrected chi connectivity index (χ4v) is 1.97. The molecule has 0 saturated heterocycles. The van der Waals surface area contributed by atoms with Gasteiger partial charge in [-0.05, 0) is 43.2 Å². The van der Waals surface area contributed by atoms with Crippen molar-refractivity contribution in [1.29, 1.82) is 0 Å². The molecule has 2 aromatic carbocycles. The molecule has 2 aromatic rings. The van der Waals surface area contributed by atoms with E-state index in [1.54, 1.807) is 6.08 Å². The molecular formula is C17H19NO. The van der Waals surface area contributed by atoms with Crippen LogP contribution in [0.1, 0.15) is 26.3 Å². The topological polar surface area (TPSA) is 29.1 Å². The highest BCUT2D eigenvalue weighted by atomic mass is 16.1. The van der Waals surface area contributed by atoms with Crippen molar-refractivity contribution < 1.29 is 4.79 Å². The molecule has 0 atom stereocenters. The first kappa shape index (κ1) is 13.3. The fourth-order valence-electron chi connectivity index (χ4n) is 1.97. The van der Waals surface area contributed by atoms with E-state index in [1.807, 2.05) is 51.1 Å². The van der Waals surface area contributed by atoms with Crippen LogP contribution in [0.15, 0.2) is 48.5 Å². The van der Waals surface area contributed by atoms with Crippen LogP contribution in [-0.2, 0) is 4.79 Å². The zero-order chi connectivity index (χ0) is 13.9. The van der Waals surface area contributed by atoms with Gasteiger partial charge in [0.15, 0.2) is 0 Å². The van der Waals surface area contributed by atoms with Gasteiger partial charge < -0.3 is 5.32 Å². The molecule has 98 valence electrons. The van der Waals surface area contributed by atoms with Gasteiger partial charge in [-0.1, -0.05) is 42.5 Å². The minimum atomic E-state index is -0.208. The molecule has 0 spiro atoms. The van der Waals surface area contributed by atoms with E-state index in [0.717, 1.165) is 10.9 Å². The predicted octanol–water partition coefficient (Wildman–Crippen LogP) is 3.77. The minimum absolute atomic E-state index is 0.0690. The van der Waals surface area contributed by atoms with Crippen molar-refractivity contribution in [3.63, 3.8) is 0 Å². The Morgan fingerprint density at radius 3 is 2.47 bits per heavy atom. The molecule has 2 nitrogen and oxygen atoms in total. The molecule has 0 aromatic heterocycles. The molecule has 0 saturated carbocycles. The van der Waals surface area contributed by atoms with Gasteiger partial charge in [0.25, 0.3) is 0 Å². The zero-order valence-corrected chi connectivity index (χ0v) is 11.6. The molecule has 0 heterocycles. The van der Waals surface area contributed by atoms with Crippen LogP contribution in [-0.4, -0.2) is 11.4 Å². The maximum atomic E-state index is 11.8. The summed E-state index contributed by atoms with van der Waals surface area (Å²) in [4.78, 5) is 11.8. The summed E-state index contributed by atoms with van der Waals surface area (Å²) in [6.45, 7) is 5.91. The van der Waals surface area contributed by atoms with Crippen LogP contribution in [0.3, 0.4) is 0 Å². The Morgan fingerprint density at radius 2 is 1.74 bits per heavy atom. The van der Waals surface area contributed by atoms with E-state index < -0.39 is 0 Å². The summed E-state index contributed by atoms with van der Waals surface area (Å²) in [6, 6.07) is 14.3. The highest BCUT2D eigenvalue weighted by Crippen LogP contribution is 2.19. The number of hydrogen-bond donors (Lipinski definition) is 1. The lowest BCUT2D eigenvalue weighted by molar-refractivity contribution is -0.117.